The Morgan fingerprint density at radius 3 is 2.69 bits per heavy atom. The number of rotatable bonds is 6. The van der Waals surface area contributed by atoms with Gasteiger partial charge in [0, 0.05) is 6.61 Å². The highest BCUT2D eigenvalue weighted by molar-refractivity contribution is 5.18. The van der Waals surface area contributed by atoms with Crippen LogP contribution in [-0.4, -0.2) is 18.8 Å². The summed E-state index contributed by atoms with van der Waals surface area (Å²) in [4.78, 5) is 0. The first kappa shape index (κ1) is 13.1. The van der Waals surface area contributed by atoms with Crippen LogP contribution in [0.15, 0.2) is 24.3 Å². The lowest BCUT2D eigenvalue weighted by Crippen LogP contribution is -2.45. The van der Waals surface area contributed by atoms with Crippen LogP contribution in [0.1, 0.15) is 19.4 Å². The van der Waals surface area contributed by atoms with Crippen molar-refractivity contribution in [3.63, 3.8) is 0 Å². The van der Waals surface area contributed by atoms with Crippen LogP contribution in [0.4, 0.5) is 4.39 Å². The first-order valence-corrected chi connectivity index (χ1v) is 5.50. The van der Waals surface area contributed by atoms with E-state index in [1.165, 1.54) is 6.07 Å². The molecular weight excluding hydrogens is 207 g/mol. The van der Waals surface area contributed by atoms with Crippen LogP contribution in [0, 0.1) is 5.82 Å². The number of nitrogens with one attached hydrogen (secondary N) is 1. The maximum atomic E-state index is 13.4. The van der Waals surface area contributed by atoms with Gasteiger partial charge < -0.3 is 4.74 Å². The SMILES string of the molecule is CCOC(C)C(Cc1ccccc1F)NN. The molecule has 90 valence electrons. The molecule has 0 aliphatic heterocycles. The minimum Gasteiger partial charge on any atom is -0.377 e. The zero-order valence-electron chi connectivity index (χ0n) is 9.74. The van der Waals surface area contributed by atoms with E-state index in [-0.39, 0.29) is 18.0 Å². The maximum Gasteiger partial charge on any atom is 0.126 e. The minimum absolute atomic E-state index is 0.0467. The molecule has 0 aliphatic carbocycles. The number of ether oxygens (including phenoxy) is 1. The van der Waals surface area contributed by atoms with Crippen molar-refractivity contribution in [2.24, 2.45) is 5.84 Å². The summed E-state index contributed by atoms with van der Waals surface area (Å²) in [5, 5.41) is 0. The average Bonchev–Trinajstić information content (AvgIpc) is 2.28. The van der Waals surface area contributed by atoms with E-state index in [0.29, 0.717) is 18.6 Å². The summed E-state index contributed by atoms with van der Waals surface area (Å²) in [6.45, 7) is 4.47. The molecule has 1 rings (SSSR count). The molecule has 0 saturated heterocycles. The van der Waals surface area contributed by atoms with E-state index in [1.807, 2.05) is 19.9 Å². The summed E-state index contributed by atoms with van der Waals surface area (Å²) in [6.07, 6.45) is 0.472. The number of hydrogen-bond donors (Lipinski definition) is 2. The standard InChI is InChI=1S/C12H19FN2O/c1-3-16-9(2)12(15-14)8-10-6-4-5-7-11(10)13/h4-7,9,12,15H,3,8,14H2,1-2H3. The van der Waals surface area contributed by atoms with Crippen molar-refractivity contribution in [3.05, 3.63) is 35.6 Å². The normalized spacial score (nSPS) is 14.8. The van der Waals surface area contributed by atoms with E-state index in [1.54, 1.807) is 12.1 Å². The first-order chi connectivity index (χ1) is 7.69. The molecule has 0 amide bonds. The van der Waals surface area contributed by atoms with Gasteiger partial charge >= 0.3 is 0 Å². The summed E-state index contributed by atoms with van der Waals surface area (Å²) in [5.41, 5.74) is 3.32. The van der Waals surface area contributed by atoms with Crippen molar-refractivity contribution in [2.75, 3.05) is 6.61 Å². The lowest BCUT2D eigenvalue weighted by atomic mass is 10.0. The fourth-order valence-electron chi connectivity index (χ4n) is 1.64. The van der Waals surface area contributed by atoms with E-state index >= 15 is 0 Å². The number of hydrogen-bond acceptors (Lipinski definition) is 3. The molecule has 4 heteroatoms. The van der Waals surface area contributed by atoms with Gasteiger partial charge in [-0.15, -0.1) is 0 Å². The molecule has 16 heavy (non-hydrogen) atoms. The fraction of sp³-hybridized carbons (Fsp3) is 0.500. The quantitative estimate of drug-likeness (QED) is 0.572. The lowest BCUT2D eigenvalue weighted by Gasteiger charge is -2.23. The molecule has 0 aliphatic rings. The molecule has 0 saturated carbocycles. The number of halogens is 1. The predicted octanol–water partition coefficient (Wildman–Crippen LogP) is 1.63. The van der Waals surface area contributed by atoms with Crippen molar-refractivity contribution >= 4 is 0 Å². The fourth-order valence-corrected chi connectivity index (χ4v) is 1.64. The zero-order chi connectivity index (χ0) is 12.0. The third-order valence-corrected chi connectivity index (χ3v) is 2.61. The highest BCUT2D eigenvalue weighted by Crippen LogP contribution is 2.11. The summed E-state index contributed by atoms with van der Waals surface area (Å²) in [5.74, 6) is 5.25. The Labute approximate surface area is 95.8 Å². The summed E-state index contributed by atoms with van der Waals surface area (Å²) < 4.78 is 18.9. The van der Waals surface area contributed by atoms with Crippen molar-refractivity contribution < 1.29 is 9.13 Å². The molecule has 0 bridgehead atoms. The highest BCUT2D eigenvalue weighted by Gasteiger charge is 2.17. The van der Waals surface area contributed by atoms with Crippen LogP contribution >= 0.6 is 0 Å². The Hall–Kier alpha value is -0.970. The van der Waals surface area contributed by atoms with Gasteiger partial charge in [0.25, 0.3) is 0 Å². The van der Waals surface area contributed by atoms with Crippen LogP contribution in [-0.2, 0) is 11.2 Å². The van der Waals surface area contributed by atoms with E-state index in [4.69, 9.17) is 10.6 Å². The van der Waals surface area contributed by atoms with Crippen LogP contribution in [0.25, 0.3) is 0 Å². The molecule has 0 radical (unpaired) electrons. The lowest BCUT2D eigenvalue weighted by molar-refractivity contribution is 0.0474. The van der Waals surface area contributed by atoms with E-state index in [9.17, 15) is 4.39 Å². The number of nitrogens with two attached hydrogens (primary N) is 1. The third-order valence-electron chi connectivity index (χ3n) is 2.61. The molecule has 1 aromatic carbocycles. The number of benzene rings is 1. The van der Waals surface area contributed by atoms with Gasteiger partial charge in [-0.05, 0) is 31.9 Å². The van der Waals surface area contributed by atoms with Gasteiger partial charge in [-0.1, -0.05) is 18.2 Å². The summed E-state index contributed by atoms with van der Waals surface area (Å²) in [7, 11) is 0. The van der Waals surface area contributed by atoms with E-state index in [0.717, 1.165) is 0 Å². The zero-order valence-corrected chi connectivity index (χ0v) is 9.74. The molecule has 1 aromatic rings. The van der Waals surface area contributed by atoms with Gasteiger partial charge in [-0.3, -0.25) is 11.3 Å². The van der Waals surface area contributed by atoms with Crippen molar-refractivity contribution in [1.29, 1.82) is 0 Å². The smallest absolute Gasteiger partial charge is 0.126 e. The highest BCUT2D eigenvalue weighted by atomic mass is 19.1. The van der Waals surface area contributed by atoms with Gasteiger partial charge in [0.1, 0.15) is 5.82 Å². The Kier molecular flexibility index (Phi) is 5.38. The summed E-state index contributed by atoms with van der Waals surface area (Å²) in [6, 6.07) is 6.62. The number of hydrazine groups is 1. The third kappa shape index (κ3) is 3.56. The van der Waals surface area contributed by atoms with Gasteiger partial charge in [-0.2, -0.15) is 0 Å². The van der Waals surface area contributed by atoms with Crippen LogP contribution in [0.3, 0.4) is 0 Å². The Bertz CT molecular complexity index is 320. The second kappa shape index (κ2) is 6.58. The van der Waals surface area contributed by atoms with Crippen molar-refractivity contribution in [2.45, 2.75) is 32.4 Å². The van der Waals surface area contributed by atoms with E-state index < -0.39 is 0 Å². The molecular formula is C12H19FN2O. The maximum absolute atomic E-state index is 13.4. The first-order valence-electron chi connectivity index (χ1n) is 5.50. The van der Waals surface area contributed by atoms with Crippen molar-refractivity contribution in [1.82, 2.24) is 5.43 Å². The topological polar surface area (TPSA) is 47.3 Å². The largest absolute Gasteiger partial charge is 0.377 e. The van der Waals surface area contributed by atoms with Gasteiger partial charge in [0.2, 0.25) is 0 Å². The van der Waals surface area contributed by atoms with Crippen LogP contribution < -0.4 is 11.3 Å². The van der Waals surface area contributed by atoms with Crippen LogP contribution in [0.2, 0.25) is 0 Å². The predicted molar refractivity (Wildman–Crippen MR) is 62.3 cm³/mol. The van der Waals surface area contributed by atoms with Gasteiger partial charge in [0.05, 0.1) is 12.1 Å². The average molecular weight is 226 g/mol. The van der Waals surface area contributed by atoms with E-state index in [2.05, 4.69) is 5.43 Å². The molecule has 0 heterocycles. The molecule has 2 unspecified atom stereocenters. The van der Waals surface area contributed by atoms with Gasteiger partial charge in [0.15, 0.2) is 0 Å². The Balaban J connectivity index is 2.66. The Morgan fingerprint density at radius 2 is 2.12 bits per heavy atom. The molecule has 3 N–H and O–H groups in total. The molecule has 0 fully saturated rings. The molecule has 0 spiro atoms. The Morgan fingerprint density at radius 1 is 1.44 bits per heavy atom. The van der Waals surface area contributed by atoms with Gasteiger partial charge in [-0.25, -0.2) is 4.39 Å². The van der Waals surface area contributed by atoms with Crippen molar-refractivity contribution in [3.8, 4) is 0 Å². The minimum atomic E-state index is -0.202. The molecule has 3 nitrogen and oxygen atoms in total. The monoisotopic (exact) mass is 226 g/mol. The molecule has 0 aromatic heterocycles. The second-order valence-corrected chi connectivity index (χ2v) is 3.73. The van der Waals surface area contributed by atoms with Crippen LogP contribution in [0.5, 0.6) is 0 Å². The summed E-state index contributed by atoms with van der Waals surface area (Å²) >= 11 is 0. The molecule has 2 atom stereocenters. The second-order valence-electron chi connectivity index (χ2n) is 3.73.